The SMILES string of the molecule is O=C(NCC(=O)N(c1cccc(F)c1)[C@@H](C(=O)NC1CCCCC1)c1ccccc1F)c1ccco1. The van der Waals surface area contributed by atoms with Crippen LogP contribution in [0.15, 0.2) is 71.3 Å². The van der Waals surface area contributed by atoms with Gasteiger partial charge in [0.05, 0.1) is 12.8 Å². The number of rotatable bonds is 8. The standard InChI is InChI=1S/C27H27F2N3O4/c28-18-8-6-11-20(16-18)32(24(33)17-30-26(34)23-14-7-15-36-23)25(21-12-4-5-13-22(21)29)27(35)31-19-9-2-1-3-10-19/h4-8,11-16,19,25H,1-3,9-10,17H2,(H,30,34)(H,31,35)/t25-/m1/s1. The number of anilines is 1. The first-order valence-electron chi connectivity index (χ1n) is 11.9. The quantitative estimate of drug-likeness (QED) is 0.481. The van der Waals surface area contributed by atoms with Gasteiger partial charge < -0.3 is 15.1 Å². The predicted octanol–water partition coefficient (Wildman–Crippen LogP) is 4.51. The Morgan fingerprint density at radius 2 is 1.75 bits per heavy atom. The Balaban J connectivity index is 1.69. The molecule has 3 amide bonds. The molecule has 0 unspecified atom stereocenters. The van der Waals surface area contributed by atoms with E-state index in [0.717, 1.165) is 43.1 Å². The van der Waals surface area contributed by atoms with Gasteiger partial charge in [0.25, 0.3) is 5.91 Å². The first-order chi connectivity index (χ1) is 17.4. The summed E-state index contributed by atoms with van der Waals surface area (Å²) < 4.78 is 34.3. The third-order valence-electron chi connectivity index (χ3n) is 6.16. The highest BCUT2D eigenvalue weighted by molar-refractivity contribution is 6.04. The van der Waals surface area contributed by atoms with Crippen molar-refractivity contribution >= 4 is 23.4 Å². The molecule has 2 aromatic carbocycles. The van der Waals surface area contributed by atoms with Crippen molar-refractivity contribution in [3.05, 3.63) is 89.9 Å². The normalized spacial score (nSPS) is 14.6. The van der Waals surface area contributed by atoms with Crippen LogP contribution in [-0.4, -0.2) is 30.3 Å². The maximum absolute atomic E-state index is 15.0. The minimum absolute atomic E-state index is 0.000742. The molecule has 1 fully saturated rings. The van der Waals surface area contributed by atoms with Gasteiger partial charge in [-0.25, -0.2) is 8.78 Å². The van der Waals surface area contributed by atoms with E-state index in [1.165, 1.54) is 54.8 Å². The molecular formula is C27H27F2N3O4. The molecule has 4 rings (SSSR count). The van der Waals surface area contributed by atoms with Gasteiger partial charge in [-0.05, 0) is 49.2 Å². The van der Waals surface area contributed by atoms with Gasteiger partial charge in [0.15, 0.2) is 5.76 Å². The number of hydrogen-bond donors (Lipinski definition) is 2. The smallest absolute Gasteiger partial charge is 0.287 e. The number of hydrogen-bond acceptors (Lipinski definition) is 4. The topological polar surface area (TPSA) is 91.7 Å². The zero-order valence-corrected chi connectivity index (χ0v) is 19.6. The van der Waals surface area contributed by atoms with Crippen molar-refractivity contribution in [2.45, 2.75) is 44.2 Å². The van der Waals surface area contributed by atoms with Crippen molar-refractivity contribution < 1.29 is 27.6 Å². The summed E-state index contributed by atoms with van der Waals surface area (Å²) in [5, 5.41) is 5.40. The molecule has 1 aliphatic carbocycles. The molecule has 9 heteroatoms. The number of halogens is 2. The Labute approximate surface area is 207 Å². The number of carbonyl (C=O) groups is 3. The van der Waals surface area contributed by atoms with E-state index >= 15 is 4.39 Å². The number of nitrogens with zero attached hydrogens (tertiary/aromatic N) is 1. The highest BCUT2D eigenvalue weighted by Gasteiger charge is 2.36. The molecule has 2 N–H and O–H groups in total. The summed E-state index contributed by atoms with van der Waals surface area (Å²) in [6.45, 7) is -0.530. The number of nitrogens with one attached hydrogen (secondary N) is 2. The zero-order chi connectivity index (χ0) is 25.5. The minimum Gasteiger partial charge on any atom is -0.459 e. The van der Waals surface area contributed by atoms with Crippen molar-refractivity contribution in [1.29, 1.82) is 0 Å². The van der Waals surface area contributed by atoms with Crippen LogP contribution < -0.4 is 15.5 Å². The number of carbonyl (C=O) groups excluding carboxylic acids is 3. The van der Waals surface area contributed by atoms with Gasteiger partial charge in [-0.3, -0.25) is 19.3 Å². The maximum Gasteiger partial charge on any atom is 0.287 e. The number of benzene rings is 2. The first kappa shape index (κ1) is 25.1. The Kier molecular flexibility index (Phi) is 8.10. The first-order valence-corrected chi connectivity index (χ1v) is 11.9. The summed E-state index contributed by atoms with van der Waals surface area (Å²) in [4.78, 5) is 40.5. The van der Waals surface area contributed by atoms with Crippen LogP contribution in [0.4, 0.5) is 14.5 Å². The van der Waals surface area contributed by atoms with E-state index in [1.54, 1.807) is 6.07 Å². The highest BCUT2D eigenvalue weighted by atomic mass is 19.1. The molecule has 1 aliphatic rings. The Morgan fingerprint density at radius 1 is 0.972 bits per heavy atom. The second kappa shape index (κ2) is 11.6. The van der Waals surface area contributed by atoms with E-state index < -0.39 is 41.9 Å². The third-order valence-corrected chi connectivity index (χ3v) is 6.16. The van der Waals surface area contributed by atoms with Crippen molar-refractivity contribution in [2.24, 2.45) is 0 Å². The average Bonchev–Trinajstić information content (AvgIpc) is 3.42. The summed E-state index contributed by atoms with van der Waals surface area (Å²) in [5.41, 5.74) is 0.0140. The molecule has 36 heavy (non-hydrogen) atoms. The van der Waals surface area contributed by atoms with Crippen LogP contribution in [0, 0.1) is 11.6 Å². The maximum atomic E-state index is 15.0. The minimum atomic E-state index is -1.43. The fraction of sp³-hybridized carbons (Fsp3) is 0.296. The van der Waals surface area contributed by atoms with Crippen LogP contribution in [0.1, 0.15) is 54.3 Å². The molecule has 7 nitrogen and oxygen atoms in total. The van der Waals surface area contributed by atoms with Crippen LogP contribution in [0.3, 0.4) is 0 Å². The summed E-state index contributed by atoms with van der Waals surface area (Å²) in [5.74, 6) is -3.27. The fourth-order valence-electron chi connectivity index (χ4n) is 4.42. The van der Waals surface area contributed by atoms with Gasteiger partial charge in [0.1, 0.15) is 17.7 Å². The van der Waals surface area contributed by atoms with Crippen molar-refractivity contribution in [1.82, 2.24) is 10.6 Å². The molecule has 3 aromatic rings. The summed E-state index contributed by atoms with van der Waals surface area (Å²) in [6.07, 6.45) is 5.87. The average molecular weight is 496 g/mol. The molecule has 0 aliphatic heterocycles. The number of amides is 3. The Hall–Kier alpha value is -4.01. The van der Waals surface area contributed by atoms with Gasteiger partial charge in [-0.1, -0.05) is 43.5 Å². The zero-order valence-electron chi connectivity index (χ0n) is 19.6. The molecule has 1 aromatic heterocycles. The second-order valence-corrected chi connectivity index (χ2v) is 8.67. The molecule has 0 saturated heterocycles. The van der Waals surface area contributed by atoms with Crippen molar-refractivity contribution in [3.63, 3.8) is 0 Å². The van der Waals surface area contributed by atoms with E-state index in [-0.39, 0.29) is 23.1 Å². The van der Waals surface area contributed by atoms with Crippen LogP contribution in [-0.2, 0) is 9.59 Å². The molecule has 0 bridgehead atoms. The van der Waals surface area contributed by atoms with Crippen molar-refractivity contribution in [2.75, 3.05) is 11.4 Å². The molecule has 188 valence electrons. The summed E-state index contributed by atoms with van der Waals surface area (Å²) in [6, 6.07) is 12.2. The van der Waals surface area contributed by atoms with Gasteiger partial charge in [-0.15, -0.1) is 0 Å². The van der Waals surface area contributed by atoms with Crippen LogP contribution in [0.25, 0.3) is 0 Å². The lowest BCUT2D eigenvalue weighted by atomic mass is 9.94. The Bertz CT molecular complexity index is 1210. The molecule has 1 atom stereocenters. The van der Waals surface area contributed by atoms with E-state index in [4.69, 9.17) is 4.42 Å². The van der Waals surface area contributed by atoms with E-state index in [1.807, 2.05) is 0 Å². The van der Waals surface area contributed by atoms with E-state index in [2.05, 4.69) is 10.6 Å². The van der Waals surface area contributed by atoms with Crippen LogP contribution in [0.2, 0.25) is 0 Å². The lowest BCUT2D eigenvalue weighted by Crippen LogP contribution is -2.50. The lowest BCUT2D eigenvalue weighted by molar-refractivity contribution is -0.127. The molecule has 0 spiro atoms. The lowest BCUT2D eigenvalue weighted by Gasteiger charge is -2.33. The number of furan rings is 1. The molecule has 0 radical (unpaired) electrons. The largest absolute Gasteiger partial charge is 0.459 e. The summed E-state index contributed by atoms with van der Waals surface area (Å²) in [7, 11) is 0. The monoisotopic (exact) mass is 495 g/mol. The van der Waals surface area contributed by atoms with Gasteiger partial charge in [0, 0.05) is 17.3 Å². The summed E-state index contributed by atoms with van der Waals surface area (Å²) >= 11 is 0. The van der Waals surface area contributed by atoms with Crippen LogP contribution >= 0.6 is 0 Å². The molecule has 1 saturated carbocycles. The fourth-order valence-corrected chi connectivity index (χ4v) is 4.42. The molecular weight excluding hydrogens is 468 g/mol. The van der Waals surface area contributed by atoms with Crippen LogP contribution in [0.5, 0.6) is 0 Å². The van der Waals surface area contributed by atoms with Gasteiger partial charge >= 0.3 is 0 Å². The van der Waals surface area contributed by atoms with Gasteiger partial charge in [-0.2, -0.15) is 0 Å². The predicted molar refractivity (Wildman–Crippen MR) is 129 cm³/mol. The molecule has 1 heterocycles. The highest BCUT2D eigenvalue weighted by Crippen LogP contribution is 2.31. The van der Waals surface area contributed by atoms with Crippen molar-refractivity contribution in [3.8, 4) is 0 Å². The van der Waals surface area contributed by atoms with E-state index in [9.17, 15) is 18.8 Å². The second-order valence-electron chi connectivity index (χ2n) is 8.67. The van der Waals surface area contributed by atoms with E-state index in [0.29, 0.717) is 0 Å². The Morgan fingerprint density at radius 3 is 2.44 bits per heavy atom. The van der Waals surface area contributed by atoms with Gasteiger partial charge in [0.2, 0.25) is 11.8 Å². The third kappa shape index (κ3) is 5.97.